The van der Waals surface area contributed by atoms with Gasteiger partial charge in [-0.1, -0.05) is 131 Å². The van der Waals surface area contributed by atoms with Crippen LogP contribution < -0.4 is 10.2 Å². The molecule has 16 nitrogen and oxygen atoms in total. The maximum atomic E-state index is 10.8. The van der Waals surface area contributed by atoms with E-state index in [1.54, 1.807) is 0 Å². The topological polar surface area (TPSA) is 251 Å². The Balaban J connectivity index is -0.000000448. The van der Waals surface area contributed by atoms with Crippen LogP contribution >= 0.6 is 24.4 Å². The predicted molar refractivity (Wildman–Crippen MR) is 308 cm³/mol. The second-order valence-corrected chi connectivity index (χ2v) is 18.8. The maximum Gasteiger partial charge on any atom is 2.00 e. The number of carboxylic acids is 4. The predicted octanol–water partition coefficient (Wildman–Crippen LogP) is 11.7. The van der Waals surface area contributed by atoms with E-state index >= 15 is 0 Å². The van der Waals surface area contributed by atoms with Crippen LogP contribution in [-0.4, -0.2) is 126 Å². The molecule has 4 aromatic rings. The zero-order chi connectivity index (χ0) is 57.6. The van der Waals surface area contributed by atoms with E-state index in [1.165, 1.54) is 248 Å². The molecule has 0 amide bonds. The summed E-state index contributed by atoms with van der Waals surface area (Å²) < 4.78 is 2.84. The van der Waals surface area contributed by atoms with Crippen molar-refractivity contribution >= 4 is 58.6 Å². The number of unbranched alkanes of at least 4 members (excludes halogenated alkanes) is 8. The number of rotatable bonds is 30. The summed E-state index contributed by atoms with van der Waals surface area (Å²) in [6.07, 6.45) is 27.4. The summed E-state index contributed by atoms with van der Waals surface area (Å²) in [7, 11) is 0. The molecule has 0 saturated carbocycles. The summed E-state index contributed by atoms with van der Waals surface area (Å²) in [5.41, 5.74) is 1.17. The Bertz CT molecular complexity index is 1970. The Morgan fingerprint density at radius 3 is 0.744 bits per heavy atom. The quantitative estimate of drug-likeness (QED) is 0.0213. The maximum absolute atomic E-state index is 10.8. The largest absolute Gasteiger partial charge is 2.00 e. The minimum atomic E-state index is -1.34. The Morgan fingerprint density at radius 1 is 0.423 bits per heavy atom. The Labute approximate surface area is 502 Å². The van der Waals surface area contributed by atoms with Gasteiger partial charge in [0.1, 0.15) is 0 Å². The first-order valence-electron chi connectivity index (χ1n) is 26.9. The average molecular weight is 1290 g/mol. The summed E-state index contributed by atoms with van der Waals surface area (Å²) in [5.74, 6) is -4.83. The molecule has 20 heteroatoms. The van der Waals surface area contributed by atoms with E-state index in [1.807, 2.05) is 0 Å². The van der Waals surface area contributed by atoms with E-state index in [-0.39, 0.29) is 72.6 Å². The molecule has 0 aromatic carbocycles. The van der Waals surface area contributed by atoms with Crippen molar-refractivity contribution in [2.45, 2.75) is 158 Å². The van der Waals surface area contributed by atoms with E-state index in [4.69, 9.17) is 21.0 Å². The first-order chi connectivity index (χ1) is 36.5. The number of nitrogens with zero attached hydrogens (tertiary/aromatic N) is 8. The second-order valence-electron chi connectivity index (χ2n) is 18.4. The number of hydrogen-bond donors (Lipinski definition) is 2. The van der Waals surface area contributed by atoms with Gasteiger partial charge in [0.15, 0.2) is 0 Å². The third kappa shape index (κ3) is 35.7. The van der Waals surface area contributed by atoms with Crippen LogP contribution in [0.3, 0.4) is 0 Å². The van der Waals surface area contributed by atoms with Gasteiger partial charge in [-0.3, -0.25) is 19.9 Å². The second kappa shape index (κ2) is 50.5. The third-order valence-electron chi connectivity index (χ3n) is 12.4. The van der Waals surface area contributed by atoms with Crippen molar-refractivity contribution in [1.29, 1.82) is 0 Å². The number of carbonyl (C=O) groups excluding carboxylic acids is 2. The number of quaternary nitrogens is 2. The smallest absolute Gasteiger partial charge is 0.753 e. The summed E-state index contributed by atoms with van der Waals surface area (Å²) >= 11 is 7.40. The molecule has 4 heterocycles. The summed E-state index contributed by atoms with van der Waals surface area (Å²) in [4.78, 5) is 58.8. The van der Waals surface area contributed by atoms with Crippen molar-refractivity contribution in [3.63, 3.8) is 0 Å². The molecule has 0 radical (unpaired) electrons. The van der Waals surface area contributed by atoms with Gasteiger partial charge in [-0.15, -0.1) is 0 Å². The average Bonchev–Trinajstić information content (AvgIpc) is 3.43. The van der Waals surface area contributed by atoms with Crippen LogP contribution in [0.5, 0.6) is 0 Å². The van der Waals surface area contributed by atoms with Crippen molar-refractivity contribution in [3.8, 4) is 22.8 Å². The molecule has 0 aliphatic rings. The summed E-state index contributed by atoms with van der Waals surface area (Å²) in [6.45, 7) is 30.0. The van der Waals surface area contributed by atoms with Gasteiger partial charge in [-0.25, -0.2) is 9.59 Å². The zero-order valence-corrected chi connectivity index (χ0v) is 52.5. The van der Waals surface area contributed by atoms with Crippen molar-refractivity contribution in [1.82, 2.24) is 19.9 Å². The van der Waals surface area contributed by atoms with E-state index in [2.05, 4.69) is 99.8 Å². The van der Waals surface area contributed by atoms with E-state index < -0.39 is 23.9 Å². The van der Waals surface area contributed by atoms with Crippen molar-refractivity contribution in [3.05, 3.63) is 106 Å². The SMILES string of the molecule is CCCC[N+](CCCC)(CCCC)CCCC.CCCC[N+](CCCC)(CCCC)CCCC.O=C(O)c1ccnc(-c2cc(C(=O)O)ccn2)c1.O=C([O-])c1ccnc(-c2cc(C(=O)[O-])ccn2)c1.[N-]=C=S.[N-]=C=S.[Ru+2].[Ru+2]. The van der Waals surface area contributed by atoms with E-state index in [0.717, 1.165) is 0 Å². The molecular formula is C58H86N8O8Ru2S2+2. The fourth-order valence-electron chi connectivity index (χ4n) is 8.09. The number of hydrogen-bond acceptors (Lipinski definition) is 12. The number of carboxylic acid groups (broad SMARTS) is 4. The van der Waals surface area contributed by atoms with E-state index in [0.29, 0.717) is 11.4 Å². The third-order valence-corrected chi connectivity index (χ3v) is 12.4. The number of aromatic carboxylic acids is 4. The first kappa shape index (κ1) is 79.7. The number of aromatic nitrogens is 4. The van der Waals surface area contributed by atoms with Gasteiger partial charge >= 0.3 is 50.9 Å². The number of thiocarbonyl (C=S) groups is 2. The molecule has 0 saturated heterocycles. The molecule has 0 spiro atoms. The molecule has 432 valence electrons. The molecule has 2 N–H and O–H groups in total. The van der Waals surface area contributed by atoms with Crippen molar-refractivity contribution in [2.75, 3.05) is 52.4 Å². The fraction of sp³-hybridized carbons (Fsp3) is 0.552. The standard InChI is InChI=1S/2C16H36N.2C12H8N2O4.2CNS.2Ru/c2*1-5-9-13-17(14-10-6-2,15-11-7-3)16-12-8-4;2*15-11(16)7-1-3-13-9(5-7)10-6-8(12(17)18)2-4-14-10;2*2-1-3;;/h2*5-16H2,1-4H3;2*1-6H,(H,15,16)(H,17,18);;;;/q2*+1;;;2*-1;2*+2/p-2. The molecule has 0 unspecified atom stereocenters. The number of pyridine rings is 4. The molecule has 4 rings (SSSR count). The number of isothiocyanates is 2. The minimum absolute atomic E-state index is 0. The van der Waals surface area contributed by atoms with Crippen LogP contribution in [0.25, 0.3) is 33.6 Å². The molecule has 0 aliphatic heterocycles. The van der Waals surface area contributed by atoms with Crippen molar-refractivity contribution in [2.24, 2.45) is 0 Å². The minimum Gasteiger partial charge on any atom is -0.753 e. The van der Waals surface area contributed by atoms with Crippen LogP contribution in [0.15, 0.2) is 73.3 Å². The van der Waals surface area contributed by atoms with Gasteiger partial charge in [0.25, 0.3) is 0 Å². The molecule has 4 aromatic heterocycles. The van der Waals surface area contributed by atoms with E-state index in [9.17, 15) is 29.4 Å². The van der Waals surface area contributed by atoms with Crippen LogP contribution in [0.4, 0.5) is 0 Å². The Kier molecular flexibility index (Phi) is 51.6. The van der Waals surface area contributed by atoms with Crippen molar-refractivity contribution < 1.29 is 87.5 Å². The van der Waals surface area contributed by atoms with Gasteiger partial charge < -0.3 is 49.8 Å². The molecule has 0 aliphatic carbocycles. The van der Waals surface area contributed by atoms with Crippen LogP contribution in [0.2, 0.25) is 0 Å². The normalized spacial score (nSPS) is 10.1. The Morgan fingerprint density at radius 2 is 0.590 bits per heavy atom. The van der Waals surface area contributed by atoms with Gasteiger partial charge in [-0.2, -0.15) is 10.3 Å². The number of carbonyl (C=O) groups is 4. The van der Waals surface area contributed by atoms with Crippen LogP contribution in [-0.2, 0) is 39.0 Å². The molecule has 78 heavy (non-hydrogen) atoms. The first-order valence-corrected chi connectivity index (χ1v) is 27.8. The molecule has 0 bridgehead atoms. The summed E-state index contributed by atoms with van der Waals surface area (Å²) in [6, 6.07) is 10.5. The zero-order valence-electron chi connectivity index (χ0n) is 47.3. The molecule has 0 fully saturated rings. The Hall–Kier alpha value is -4.75. The fourth-order valence-corrected chi connectivity index (χ4v) is 8.09. The van der Waals surface area contributed by atoms with Gasteiger partial charge in [0.05, 0.1) is 98.2 Å². The van der Waals surface area contributed by atoms with Gasteiger partial charge in [-0.05, 0) is 99.9 Å². The molecular weight excluding hydrogens is 1200 g/mol. The monoisotopic (exact) mass is 1290 g/mol. The van der Waals surface area contributed by atoms with Gasteiger partial charge in [0, 0.05) is 35.9 Å². The van der Waals surface area contributed by atoms with Crippen LogP contribution in [0.1, 0.15) is 200 Å². The van der Waals surface area contributed by atoms with Gasteiger partial charge in [0.2, 0.25) is 0 Å². The molecule has 0 atom stereocenters. The van der Waals surface area contributed by atoms with Crippen LogP contribution in [0, 0.1) is 0 Å². The summed E-state index contributed by atoms with van der Waals surface area (Å²) in [5, 5.41) is 56.0.